The summed E-state index contributed by atoms with van der Waals surface area (Å²) in [6.07, 6.45) is -1.85. The third kappa shape index (κ3) is 6.01. The number of nitrogens with two attached hydrogens (primary N) is 1. The monoisotopic (exact) mass is 631 g/mol. The lowest BCUT2D eigenvalue weighted by atomic mass is 9.92. The van der Waals surface area contributed by atoms with E-state index in [1.807, 2.05) is 11.9 Å². The number of hydrogen-bond donors (Lipinski definition) is 3. The Bertz CT molecular complexity index is 1960. The van der Waals surface area contributed by atoms with Crippen LogP contribution < -0.4 is 16.0 Å². The van der Waals surface area contributed by atoms with E-state index in [1.54, 1.807) is 31.2 Å². The highest BCUT2D eigenvalue weighted by atomic mass is 19.4. The van der Waals surface area contributed by atoms with Gasteiger partial charge in [0, 0.05) is 60.6 Å². The van der Waals surface area contributed by atoms with Crippen molar-refractivity contribution in [3.8, 4) is 28.0 Å². The Hall–Kier alpha value is -5.30. The van der Waals surface area contributed by atoms with Crippen molar-refractivity contribution in [2.75, 3.05) is 49.2 Å². The first-order chi connectivity index (χ1) is 21.9. The SMILES string of the molecule is Cc1ccc(C(=O)Nc2cc(C(F)(F)F)ccc2N2CCN(C)CC2)cc1-c1cc2cnc(N)nc2c(-c2ccc(F)nc2)c1O. The van der Waals surface area contributed by atoms with E-state index in [4.69, 9.17) is 5.73 Å². The predicted octanol–water partition coefficient (Wildman–Crippen LogP) is 6.12. The number of carbonyl (C=O) groups excluding carboxylic acids is 1. The highest BCUT2D eigenvalue weighted by Gasteiger charge is 2.32. The molecule has 0 saturated carbocycles. The molecule has 3 heterocycles. The summed E-state index contributed by atoms with van der Waals surface area (Å²) in [6, 6.07) is 12.4. The molecule has 1 aliphatic rings. The molecule has 46 heavy (non-hydrogen) atoms. The van der Waals surface area contributed by atoms with Crippen LogP contribution in [0.25, 0.3) is 33.2 Å². The summed E-state index contributed by atoms with van der Waals surface area (Å²) >= 11 is 0. The number of pyridine rings is 1. The van der Waals surface area contributed by atoms with Crippen LogP contribution in [0.2, 0.25) is 0 Å². The summed E-state index contributed by atoms with van der Waals surface area (Å²) in [5.74, 6) is -1.58. The van der Waals surface area contributed by atoms with Crippen molar-refractivity contribution in [3.05, 3.63) is 89.6 Å². The Labute approximate surface area is 261 Å². The Morgan fingerprint density at radius 1 is 0.957 bits per heavy atom. The molecule has 1 aliphatic heterocycles. The van der Waals surface area contributed by atoms with Gasteiger partial charge in [-0.15, -0.1) is 0 Å². The van der Waals surface area contributed by atoms with Gasteiger partial charge in [0.1, 0.15) is 5.75 Å². The first kappa shape index (κ1) is 30.7. The van der Waals surface area contributed by atoms with Crippen LogP contribution >= 0.6 is 0 Å². The van der Waals surface area contributed by atoms with Crippen LogP contribution in [0.3, 0.4) is 0 Å². The molecule has 0 bridgehead atoms. The van der Waals surface area contributed by atoms with E-state index in [2.05, 4.69) is 25.2 Å². The largest absolute Gasteiger partial charge is 0.507 e. The molecular formula is C33H29F4N7O2. The minimum absolute atomic E-state index is 0.0312. The van der Waals surface area contributed by atoms with Crippen molar-refractivity contribution in [2.24, 2.45) is 0 Å². The quantitative estimate of drug-likeness (QED) is 0.157. The zero-order valence-corrected chi connectivity index (χ0v) is 24.9. The number of hydrogen-bond acceptors (Lipinski definition) is 8. The average molecular weight is 632 g/mol. The molecular weight excluding hydrogens is 602 g/mol. The highest BCUT2D eigenvalue weighted by molar-refractivity contribution is 6.08. The van der Waals surface area contributed by atoms with Crippen molar-refractivity contribution in [1.29, 1.82) is 0 Å². The number of aromatic nitrogens is 3. The number of phenolic OH excluding ortho intramolecular Hbond substituents is 1. The maximum absolute atomic E-state index is 13.7. The van der Waals surface area contributed by atoms with Gasteiger partial charge >= 0.3 is 6.18 Å². The fourth-order valence-corrected chi connectivity index (χ4v) is 5.57. The van der Waals surface area contributed by atoms with Crippen molar-refractivity contribution in [1.82, 2.24) is 19.9 Å². The van der Waals surface area contributed by atoms with E-state index in [-0.39, 0.29) is 28.5 Å². The van der Waals surface area contributed by atoms with Crippen LogP contribution in [0.1, 0.15) is 21.5 Å². The average Bonchev–Trinajstić information content (AvgIpc) is 3.02. The number of anilines is 3. The number of alkyl halides is 3. The number of amides is 1. The molecule has 5 aromatic rings. The summed E-state index contributed by atoms with van der Waals surface area (Å²) in [5, 5.41) is 14.8. The molecule has 3 aromatic carbocycles. The number of piperazine rings is 1. The normalized spacial score (nSPS) is 14.1. The van der Waals surface area contributed by atoms with Gasteiger partial charge in [0.15, 0.2) is 0 Å². The Morgan fingerprint density at radius 3 is 2.41 bits per heavy atom. The number of nitrogens with zero attached hydrogens (tertiary/aromatic N) is 5. The molecule has 0 aliphatic carbocycles. The number of likely N-dealkylation sites (N-methyl/N-ethyl adjacent to an activating group) is 1. The van der Waals surface area contributed by atoms with Crippen LogP contribution in [-0.2, 0) is 6.18 Å². The standard InChI is InChI=1S/C33H29F4N7O2/c1-18-3-4-19(31(46)41-25-15-22(33(35,36)37)6-7-26(25)44-11-9-43(2)10-12-44)13-23(18)24-14-21-17-40-32(38)42-29(21)28(30(24)45)20-5-8-27(34)39-16-20/h3-8,13-17,45H,9-12H2,1-2H3,(H,41,46)(H2,38,40,42). The topological polar surface area (TPSA) is 121 Å². The van der Waals surface area contributed by atoms with E-state index in [0.717, 1.165) is 31.3 Å². The van der Waals surface area contributed by atoms with Gasteiger partial charge in [0.05, 0.1) is 28.0 Å². The Morgan fingerprint density at radius 2 is 1.72 bits per heavy atom. The van der Waals surface area contributed by atoms with Crippen LogP contribution in [-0.4, -0.2) is 64.1 Å². The van der Waals surface area contributed by atoms with Crippen LogP contribution in [0.5, 0.6) is 5.75 Å². The number of halogens is 4. The summed E-state index contributed by atoms with van der Waals surface area (Å²) in [5.41, 5.74) is 8.07. The number of fused-ring (bicyclic) bond motifs is 1. The maximum Gasteiger partial charge on any atom is 0.416 e. The van der Waals surface area contributed by atoms with E-state index >= 15 is 0 Å². The molecule has 236 valence electrons. The maximum atomic E-state index is 13.7. The first-order valence-corrected chi connectivity index (χ1v) is 14.4. The zero-order chi connectivity index (χ0) is 32.7. The van der Waals surface area contributed by atoms with Crippen LogP contribution in [0.4, 0.5) is 34.9 Å². The third-order valence-electron chi connectivity index (χ3n) is 8.09. The van der Waals surface area contributed by atoms with Gasteiger partial charge in [-0.1, -0.05) is 6.07 Å². The lowest BCUT2D eigenvalue weighted by molar-refractivity contribution is -0.137. The number of carbonyl (C=O) groups is 1. The molecule has 0 spiro atoms. The van der Waals surface area contributed by atoms with E-state index in [1.165, 1.54) is 24.5 Å². The first-order valence-electron chi connectivity index (χ1n) is 14.4. The number of benzene rings is 3. The van der Waals surface area contributed by atoms with Gasteiger partial charge in [-0.3, -0.25) is 4.79 Å². The van der Waals surface area contributed by atoms with Gasteiger partial charge in [0.2, 0.25) is 11.9 Å². The second-order valence-electron chi connectivity index (χ2n) is 11.2. The summed E-state index contributed by atoms with van der Waals surface area (Å²) in [6.45, 7) is 4.40. The smallest absolute Gasteiger partial charge is 0.416 e. The van der Waals surface area contributed by atoms with Gasteiger partial charge in [-0.25, -0.2) is 15.0 Å². The number of nitrogen functional groups attached to an aromatic ring is 1. The minimum Gasteiger partial charge on any atom is -0.507 e. The molecule has 0 atom stereocenters. The van der Waals surface area contributed by atoms with E-state index in [0.29, 0.717) is 51.9 Å². The molecule has 13 heteroatoms. The summed E-state index contributed by atoms with van der Waals surface area (Å²) in [7, 11) is 1.97. The molecule has 1 saturated heterocycles. The van der Waals surface area contributed by atoms with Gasteiger partial charge in [-0.2, -0.15) is 17.6 Å². The fourth-order valence-electron chi connectivity index (χ4n) is 5.57. The van der Waals surface area contributed by atoms with Gasteiger partial charge < -0.3 is 26.0 Å². The molecule has 0 unspecified atom stereocenters. The number of phenols is 1. The van der Waals surface area contributed by atoms with Crippen molar-refractivity contribution >= 4 is 34.1 Å². The van der Waals surface area contributed by atoms with Crippen molar-refractivity contribution in [3.63, 3.8) is 0 Å². The second kappa shape index (κ2) is 11.9. The molecule has 2 aromatic heterocycles. The minimum atomic E-state index is -4.60. The molecule has 4 N–H and O–H groups in total. The molecule has 1 amide bonds. The van der Waals surface area contributed by atoms with E-state index in [9.17, 15) is 27.5 Å². The third-order valence-corrected chi connectivity index (χ3v) is 8.09. The van der Waals surface area contributed by atoms with Crippen LogP contribution in [0, 0.1) is 12.9 Å². The molecule has 1 fully saturated rings. The fraction of sp³-hybridized carbons (Fsp3) is 0.212. The van der Waals surface area contributed by atoms with Crippen molar-refractivity contribution in [2.45, 2.75) is 13.1 Å². The highest BCUT2D eigenvalue weighted by Crippen LogP contribution is 2.44. The number of rotatable bonds is 5. The number of aryl methyl sites for hydroxylation is 1. The molecule has 9 nitrogen and oxygen atoms in total. The Balaban J connectivity index is 1.42. The number of nitrogens with one attached hydrogen (secondary N) is 1. The lowest BCUT2D eigenvalue weighted by Crippen LogP contribution is -2.44. The zero-order valence-electron chi connectivity index (χ0n) is 24.9. The van der Waals surface area contributed by atoms with Crippen LogP contribution in [0.15, 0.2) is 67.0 Å². The molecule has 6 rings (SSSR count). The van der Waals surface area contributed by atoms with E-state index < -0.39 is 23.6 Å². The molecule has 0 radical (unpaired) electrons. The van der Waals surface area contributed by atoms with Gasteiger partial charge in [0.25, 0.3) is 5.91 Å². The number of aromatic hydroxyl groups is 1. The van der Waals surface area contributed by atoms with Gasteiger partial charge in [-0.05, 0) is 73.6 Å². The summed E-state index contributed by atoms with van der Waals surface area (Å²) in [4.78, 5) is 29.8. The van der Waals surface area contributed by atoms with Crippen molar-refractivity contribution < 1.29 is 27.5 Å². The summed E-state index contributed by atoms with van der Waals surface area (Å²) < 4.78 is 54.7. The lowest BCUT2D eigenvalue weighted by Gasteiger charge is -2.35. The second-order valence-corrected chi connectivity index (χ2v) is 11.2. The predicted molar refractivity (Wildman–Crippen MR) is 168 cm³/mol. The Kier molecular flexibility index (Phi) is 7.94.